The Morgan fingerprint density at radius 2 is 2.00 bits per heavy atom. The molecule has 0 saturated carbocycles. The van der Waals surface area contributed by atoms with Crippen LogP contribution in [0.2, 0.25) is 0 Å². The lowest BCUT2D eigenvalue weighted by atomic mass is 10.1. The summed E-state index contributed by atoms with van der Waals surface area (Å²) in [6.45, 7) is -0.000538. The minimum atomic E-state index is -3.06. The molecule has 4 aromatic heterocycles. The molecule has 0 spiro atoms. The second-order valence-corrected chi connectivity index (χ2v) is 8.43. The highest BCUT2D eigenvalue weighted by Gasteiger charge is 2.47. The maximum atomic E-state index is 13.6. The minimum Gasteiger partial charge on any atom is -0.387 e. The number of rotatable bonds is 7. The Balaban J connectivity index is 1.58. The van der Waals surface area contributed by atoms with Gasteiger partial charge in [0.2, 0.25) is 0 Å². The Labute approximate surface area is 207 Å². The van der Waals surface area contributed by atoms with Gasteiger partial charge in [0.05, 0.1) is 24.8 Å². The zero-order valence-electron chi connectivity index (χ0n) is 19.5. The van der Waals surface area contributed by atoms with Crippen LogP contribution in [0.1, 0.15) is 13.2 Å². The van der Waals surface area contributed by atoms with Crippen molar-refractivity contribution in [2.24, 2.45) is 0 Å². The summed E-state index contributed by atoms with van der Waals surface area (Å²) in [5.41, 5.74) is 1.11. The molecule has 14 nitrogen and oxygen atoms in total. The van der Waals surface area contributed by atoms with Gasteiger partial charge in [-0.2, -0.15) is 14.6 Å². The van der Waals surface area contributed by atoms with Crippen LogP contribution < -0.4 is 10.6 Å². The van der Waals surface area contributed by atoms with E-state index < -0.39 is 42.9 Å². The molecule has 5 rings (SSSR count). The van der Waals surface area contributed by atoms with E-state index in [9.17, 15) is 23.8 Å². The Morgan fingerprint density at radius 3 is 2.70 bits per heavy atom. The molecule has 0 aromatic carbocycles. The Kier molecular flexibility index (Phi) is 6.22. The molecule has 5 heterocycles. The molecule has 1 amide bonds. The van der Waals surface area contributed by atoms with Crippen LogP contribution in [-0.4, -0.2) is 93.4 Å². The van der Waals surface area contributed by atoms with Crippen molar-refractivity contribution >= 4 is 22.9 Å². The Hall–Kier alpha value is -4.15. The highest BCUT2D eigenvalue weighted by molar-refractivity contribution is 5.84. The normalized spacial score (nSPS) is 21.9. The monoisotopic (exact) mass is 516 g/mol. The summed E-state index contributed by atoms with van der Waals surface area (Å²) in [5, 5.41) is 34.0. The van der Waals surface area contributed by atoms with Crippen LogP contribution in [-0.2, 0) is 9.53 Å². The average molecular weight is 516 g/mol. The topological polar surface area (TPSA) is 178 Å². The lowest BCUT2D eigenvalue weighted by Crippen LogP contribution is -2.41. The van der Waals surface area contributed by atoms with Crippen LogP contribution in [0.4, 0.5) is 14.6 Å². The van der Waals surface area contributed by atoms with E-state index in [1.807, 2.05) is 0 Å². The summed E-state index contributed by atoms with van der Waals surface area (Å²) in [7, 11) is 1.36. The van der Waals surface area contributed by atoms with Crippen LogP contribution in [0.3, 0.4) is 0 Å². The van der Waals surface area contributed by atoms with Gasteiger partial charge in [-0.25, -0.2) is 13.8 Å². The molecule has 4 atom stereocenters. The van der Waals surface area contributed by atoms with E-state index in [-0.39, 0.29) is 22.9 Å². The van der Waals surface area contributed by atoms with Crippen molar-refractivity contribution in [3.05, 3.63) is 36.9 Å². The highest BCUT2D eigenvalue weighted by atomic mass is 19.3. The van der Waals surface area contributed by atoms with Crippen LogP contribution >= 0.6 is 0 Å². The molecular formula is C21H22F2N10O4. The molecule has 37 heavy (non-hydrogen) atoms. The number of aromatic nitrogens is 8. The van der Waals surface area contributed by atoms with E-state index >= 15 is 0 Å². The fourth-order valence-electron chi connectivity index (χ4n) is 3.80. The molecule has 1 saturated heterocycles. The van der Waals surface area contributed by atoms with E-state index in [1.165, 1.54) is 28.8 Å². The molecule has 4 N–H and O–H groups in total. The van der Waals surface area contributed by atoms with Crippen molar-refractivity contribution < 1.29 is 28.5 Å². The molecule has 0 aliphatic carbocycles. The maximum absolute atomic E-state index is 13.6. The number of likely N-dealkylation sites (N-methyl/N-ethyl adjacent to an activating group) is 1. The van der Waals surface area contributed by atoms with Crippen molar-refractivity contribution in [1.29, 1.82) is 0 Å². The van der Waals surface area contributed by atoms with E-state index in [1.54, 1.807) is 24.4 Å². The number of ether oxygens (including phenoxy) is 1. The predicted molar refractivity (Wildman–Crippen MR) is 123 cm³/mol. The van der Waals surface area contributed by atoms with Crippen molar-refractivity contribution in [2.45, 2.75) is 37.4 Å². The number of fused-ring (bicyclic) bond motifs is 1. The predicted octanol–water partition coefficient (Wildman–Crippen LogP) is -0.0987. The number of halogens is 2. The van der Waals surface area contributed by atoms with Gasteiger partial charge < -0.3 is 25.6 Å². The third-order valence-corrected chi connectivity index (χ3v) is 5.62. The summed E-state index contributed by atoms with van der Waals surface area (Å²) in [4.78, 5) is 29.2. The number of nitrogens with zero attached hydrogens (tertiary/aromatic N) is 8. The van der Waals surface area contributed by atoms with Gasteiger partial charge >= 0.3 is 0 Å². The second-order valence-electron chi connectivity index (χ2n) is 8.43. The van der Waals surface area contributed by atoms with Gasteiger partial charge in [0.15, 0.2) is 29.3 Å². The van der Waals surface area contributed by atoms with Gasteiger partial charge in [0, 0.05) is 20.2 Å². The number of nitrogens with one attached hydrogen (secondary N) is 2. The number of aliphatic hydroxyl groups is 2. The highest BCUT2D eigenvalue weighted by Crippen LogP contribution is 2.33. The summed E-state index contributed by atoms with van der Waals surface area (Å²) in [6.07, 6.45) is -1.31. The van der Waals surface area contributed by atoms with E-state index in [4.69, 9.17) is 4.74 Å². The molecule has 0 unspecified atom stereocenters. The number of carbonyl (C=O) groups excluding carboxylic acids is 1. The first-order chi connectivity index (χ1) is 17.7. The quantitative estimate of drug-likeness (QED) is 0.258. The van der Waals surface area contributed by atoms with Gasteiger partial charge in [0.25, 0.3) is 17.8 Å². The zero-order valence-corrected chi connectivity index (χ0v) is 19.5. The molecular weight excluding hydrogens is 494 g/mol. The first kappa shape index (κ1) is 24.5. The molecule has 0 bridgehead atoms. The number of amides is 1. The Bertz CT molecular complexity index is 1420. The van der Waals surface area contributed by atoms with Crippen molar-refractivity contribution in [2.75, 3.05) is 18.9 Å². The molecule has 1 aliphatic rings. The lowest BCUT2D eigenvalue weighted by molar-refractivity contribution is -0.137. The van der Waals surface area contributed by atoms with E-state index in [0.717, 1.165) is 6.92 Å². The van der Waals surface area contributed by atoms with Gasteiger partial charge in [-0.3, -0.25) is 14.3 Å². The summed E-state index contributed by atoms with van der Waals surface area (Å²) < 4.78 is 35.4. The van der Waals surface area contributed by atoms with Gasteiger partial charge in [-0.05, 0) is 12.1 Å². The van der Waals surface area contributed by atoms with Crippen LogP contribution in [0, 0.1) is 0 Å². The largest absolute Gasteiger partial charge is 0.387 e. The molecule has 16 heteroatoms. The second kappa shape index (κ2) is 9.38. The number of aliphatic hydroxyl groups excluding tert-OH is 2. The fraction of sp³-hybridized carbons (Fsp3) is 0.381. The van der Waals surface area contributed by atoms with Crippen LogP contribution in [0.15, 0.2) is 36.9 Å². The molecule has 0 radical (unpaired) electrons. The van der Waals surface area contributed by atoms with Crippen LogP contribution in [0.25, 0.3) is 28.5 Å². The van der Waals surface area contributed by atoms with Gasteiger partial charge in [-0.15, -0.1) is 5.10 Å². The van der Waals surface area contributed by atoms with Crippen molar-refractivity contribution in [3.8, 4) is 17.3 Å². The average Bonchev–Trinajstić information content (AvgIpc) is 3.61. The lowest BCUT2D eigenvalue weighted by Gasteiger charge is -2.17. The third-order valence-electron chi connectivity index (χ3n) is 5.62. The number of hydrogen-bond acceptors (Lipinski definition) is 11. The van der Waals surface area contributed by atoms with Crippen LogP contribution in [0.5, 0.6) is 0 Å². The number of alkyl halides is 2. The number of carbonyl (C=O) groups is 1. The number of hydrogen-bond donors (Lipinski definition) is 4. The number of anilines is 1. The smallest absolute Gasteiger partial charge is 0.262 e. The Morgan fingerprint density at radius 1 is 1.19 bits per heavy atom. The zero-order chi connectivity index (χ0) is 26.3. The first-order valence-electron chi connectivity index (χ1n) is 11.1. The van der Waals surface area contributed by atoms with Crippen molar-refractivity contribution in [1.82, 2.24) is 44.8 Å². The van der Waals surface area contributed by atoms with Crippen molar-refractivity contribution in [3.63, 3.8) is 0 Å². The maximum Gasteiger partial charge on any atom is 0.262 e. The minimum absolute atomic E-state index is 0.0361. The summed E-state index contributed by atoms with van der Waals surface area (Å²) >= 11 is 0. The molecule has 4 aromatic rings. The van der Waals surface area contributed by atoms with E-state index in [0.29, 0.717) is 11.4 Å². The SMILES string of the molecule is CNC(=O)[C@H]1O[C@@H](n2cnc3c(NCC(C)(F)F)nc(-n4cc(-c5ccccn5)nn4)nc32)[C@H](O)[C@@H]1O. The molecule has 1 aliphatic heterocycles. The summed E-state index contributed by atoms with van der Waals surface area (Å²) in [5.74, 6) is -3.78. The summed E-state index contributed by atoms with van der Waals surface area (Å²) in [6, 6.07) is 5.26. The molecule has 1 fully saturated rings. The first-order valence-corrected chi connectivity index (χ1v) is 11.1. The standard InChI is InChI=1S/C21H22F2N10O4/c1-21(22,23)8-26-16-12-17(32(9-27-12)19-14(35)13(34)15(37-19)18(36)24-2)29-20(28-16)33-7-11(30-31-33)10-5-3-4-6-25-10/h3-7,9,13-15,19,34-35H,8H2,1-2H3,(H,24,36)(H,26,28,29)/t13-,14+,15-,19+/m0/s1. The third kappa shape index (κ3) is 4.68. The van der Waals surface area contributed by atoms with Gasteiger partial charge in [-0.1, -0.05) is 11.3 Å². The van der Waals surface area contributed by atoms with E-state index in [2.05, 4.69) is 40.9 Å². The fourth-order valence-corrected chi connectivity index (χ4v) is 3.80. The number of pyridine rings is 1. The molecule has 194 valence electrons. The van der Waals surface area contributed by atoms with Gasteiger partial charge in [0.1, 0.15) is 17.9 Å². The number of imidazole rings is 1.